The number of nitrogens with one attached hydrogen (secondary N) is 2. The van der Waals surface area contributed by atoms with Gasteiger partial charge in [-0.25, -0.2) is 0 Å². The van der Waals surface area contributed by atoms with Crippen LogP contribution in [-0.4, -0.2) is 11.8 Å². The molecule has 0 bridgehead atoms. The molecule has 2 N–H and O–H groups in total. The summed E-state index contributed by atoms with van der Waals surface area (Å²) in [5, 5.41) is 7.37. The van der Waals surface area contributed by atoms with E-state index in [4.69, 9.17) is 0 Å². The van der Waals surface area contributed by atoms with Crippen LogP contribution in [0.15, 0.2) is 76.2 Å². The zero-order chi connectivity index (χ0) is 19.2. The number of hydrogen-bond donors (Lipinski definition) is 2. The zero-order valence-electron chi connectivity index (χ0n) is 14.5. The summed E-state index contributed by atoms with van der Waals surface area (Å²) in [6.45, 7) is 1.98. The van der Waals surface area contributed by atoms with Crippen LogP contribution < -0.4 is 10.6 Å². The number of hydrogen-bond acceptors (Lipinski definition) is 3. The van der Waals surface area contributed by atoms with Gasteiger partial charge in [-0.3, -0.25) is 9.59 Å². The summed E-state index contributed by atoms with van der Waals surface area (Å²) in [7, 11) is 0. The molecule has 0 aliphatic carbocycles. The van der Waals surface area contributed by atoms with Crippen molar-refractivity contribution < 1.29 is 9.59 Å². The van der Waals surface area contributed by atoms with Crippen LogP contribution in [0.4, 0.5) is 5.69 Å². The summed E-state index contributed by atoms with van der Waals surface area (Å²) in [5.41, 5.74) is 2.75. The van der Waals surface area contributed by atoms with Gasteiger partial charge in [0.1, 0.15) is 5.70 Å². The third kappa shape index (κ3) is 5.39. The maximum atomic E-state index is 12.8. The van der Waals surface area contributed by atoms with Crippen LogP contribution in [0.5, 0.6) is 0 Å². The van der Waals surface area contributed by atoms with Crippen LogP contribution in [0.2, 0.25) is 0 Å². The van der Waals surface area contributed by atoms with Gasteiger partial charge in [-0.05, 0) is 54.3 Å². The van der Waals surface area contributed by atoms with E-state index in [-0.39, 0.29) is 17.5 Å². The van der Waals surface area contributed by atoms with Gasteiger partial charge in [-0.2, -0.15) is 0 Å². The van der Waals surface area contributed by atoms with Crippen molar-refractivity contribution in [1.29, 1.82) is 0 Å². The SMILES string of the molecule is Cc1ccc(NC(=O)C(=Cc2ccc(Br)cc2)NC(=O)c2cccs2)cc1. The highest BCUT2D eigenvalue weighted by Crippen LogP contribution is 2.16. The van der Waals surface area contributed by atoms with Crippen LogP contribution in [0, 0.1) is 6.92 Å². The molecule has 1 heterocycles. The minimum absolute atomic E-state index is 0.177. The third-order valence-corrected chi connectivity index (χ3v) is 5.13. The van der Waals surface area contributed by atoms with Gasteiger partial charge >= 0.3 is 0 Å². The summed E-state index contributed by atoms with van der Waals surface area (Å²) >= 11 is 4.71. The van der Waals surface area contributed by atoms with Crippen molar-refractivity contribution >= 4 is 50.8 Å². The Labute approximate surface area is 170 Å². The second kappa shape index (κ2) is 8.79. The summed E-state index contributed by atoms with van der Waals surface area (Å²) in [6.07, 6.45) is 1.65. The first kappa shape index (κ1) is 19.1. The first-order valence-corrected chi connectivity index (χ1v) is 9.89. The molecular formula is C21H17BrN2O2S. The molecular weight excluding hydrogens is 424 g/mol. The lowest BCUT2D eigenvalue weighted by Crippen LogP contribution is -2.30. The predicted octanol–water partition coefficient (Wildman–Crippen LogP) is 5.23. The number of rotatable bonds is 5. The van der Waals surface area contributed by atoms with E-state index in [1.165, 1.54) is 11.3 Å². The number of carbonyl (C=O) groups is 2. The average molecular weight is 441 g/mol. The number of benzene rings is 2. The Hall–Kier alpha value is -2.70. The van der Waals surface area contributed by atoms with Crippen LogP contribution in [0.1, 0.15) is 20.8 Å². The molecule has 0 atom stereocenters. The zero-order valence-corrected chi connectivity index (χ0v) is 16.9. The quantitative estimate of drug-likeness (QED) is 0.533. The number of aryl methyl sites for hydroxylation is 1. The van der Waals surface area contributed by atoms with Gasteiger partial charge in [0.2, 0.25) is 0 Å². The van der Waals surface area contributed by atoms with E-state index in [0.29, 0.717) is 10.6 Å². The van der Waals surface area contributed by atoms with E-state index in [1.807, 2.05) is 60.8 Å². The lowest BCUT2D eigenvalue weighted by Gasteiger charge is -2.11. The van der Waals surface area contributed by atoms with Gasteiger partial charge in [-0.1, -0.05) is 51.8 Å². The largest absolute Gasteiger partial charge is 0.321 e. The summed E-state index contributed by atoms with van der Waals surface area (Å²) in [4.78, 5) is 25.7. The van der Waals surface area contributed by atoms with Crippen molar-refractivity contribution in [2.24, 2.45) is 0 Å². The molecule has 1 aromatic heterocycles. The highest BCUT2D eigenvalue weighted by atomic mass is 79.9. The first-order chi connectivity index (χ1) is 13.0. The fourth-order valence-corrected chi connectivity index (χ4v) is 3.19. The number of anilines is 1. The third-order valence-electron chi connectivity index (χ3n) is 3.73. The first-order valence-electron chi connectivity index (χ1n) is 8.21. The minimum atomic E-state index is -0.383. The van der Waals surface area contributed by atoms with Gasteiger partial charge < -0.3 is 10.6 Å². The van der Waals surface area contributed by atoms with Gasteiger partial charge in [0.05, 0.1) is 4.88 Å². The van der Waals surface area contributed by atoms with E-state index < -0.39 is 0 Å². The fourth-order valence-electron chi connectivity index (χ4n) is 2.31. The van der Waals surface area contributed by atoms with Crippen molar-refractivity contribution in [2.45, 2.75) is 6.92 Å². The second-order valence-electron chi connectivity index (χ2n) is 5.86. The predicted molar refractivity (Wildman–Crippen MR) is 114 cm³/mol. The normalized spacial score (nSPS) is 11.1. The lowest BCUT2D eigenvalue weighted by atomic mass is 10.1. The van der Waals surface area contributed by atoms with Gasteiger partial charge in [0.25, 0.3) is 11.8 Å². The van der Waals surface area contributed by atoms with E-state index in [2.05, 4.69) is 26.6 Å². The molecule has 0 fully saturated rings. The lowest BCUT2D eigenvalue weighted by molar-refractivity contribution is -0.113. The molecule has 0 aliphatic heterocycles. The molecule has 6 heteroatoms. The van der Waals surface area contributed by atoms with Crippen LogP contribution in [-0.2, 0) is 4.79 Å². The highest BCUT2D eigenvalue weighted by molar-refractivity contribution is 9.10. The summed E-state index contributed by atoms with van der Waals surface area (Å²) < 4.78 is 0.938. The fraction of sp³-hybridized carbons (Fsp3) is 0.0476. The number of thiophene rings is 1. The molecule has 27 heavy (non-hydrogen) atoms. The summed E-state index contributed by atoms with van der Waals surface area (Å²) in [5.74, 6) is -0.695. The Morgan fingerprint density at radius 3 is 2.33 bits per heavy atom. The summed E-state index contributed by atoms with van der Waals surface area (Å²) in [6, 6.07) is 18.5. The van der Waals surface area contributed by atoms with Crippen LogP contribution in [0.25, 0.3) is 6.08 Å². The standard InChI is InChI=1S/C21H17BrN2O2S/c1-14-4-10-17(11-5-14)23-20(25)18(13-15-6-8-16(22)9-7-15)24-21(26)19-3-2-12-27-19/h2-13H,1H3,(H,23,25)(H,24,26). The van der Waals surface area contributed by atoms with Crippen molar-refractivity contribution in [1.82, 2.24) is 5.32 Å². The minimum Gasteiger partial charge on any atom is -0.321 e. The topological polar surface area (TPSA) is 58.2 Å². The Balaban J connectivity index is 1.85. The Kier molecular flexibility index (Phi) is 6.21. The molecule has 4 nitrogen and oxygen atoms in total. The van der Waals surface area contributed by atoms with E-state index in [0.717, 1.165) is 15.6 Å². The molecule has 0 radical (unpaired) electrons. The molecule has 0 saturated heterocycles. The van der Waals surface area contributed by atoms with Crippen molar-refractivity contribution in [3.05, 3.63) is 92.2 Å². The Bertz CT molecular complexity index is 962. The average Bonchev–Trinajstić information content (AvgIpc) is 3.19. The van der Waals surface area contributed by atoms with Gasteiger partial charge in [0, 0.05) is 10.2 Å². The molecule has 0 saturated carbocycles. The maximum Gasteiger partial charge on any atom is 0.272 e. The van der Waals surface area contributed by atoms with E-state index >= 15 is 0 Å². The molecule has 136 valence electrons. The van der Waals surface area contributed by atoms with Gasteiger partial charge in [0.15, 0.2) is 0 Å². The maximum absolute atomic E-state index is 12.8. The number of amides is 2. The smallest absolute Gasteiger partial charge is 0.272 e. The molecule has 0 aliphatic rings. The van der Waals surface area contributed by atoms with Crippen molar-refractivity contribution in [2.75, 3.05) is 5.32 Å². The number of halogens is 1. The molecule has 3 aromatic rings. The molecule has 2 amide bonds. The molecule has 2 aromatic carbocycles. The van der Waals surface area contributed by atoms with Crippen LogP contribution >= 0.6 is 27.3 Å². The molecule has 0 unspecified atom stereocenters. The van der Waals surface area contributed by atoms with Gasteiger partial charge in [-0.15, -0.1) is 11.3 Å². The second-order valence-corrected chi connectivity index (χ2v) is 7.72. The van der Waals surface area contributed by atoms with Crippen molar-refractivity contribution in [3.8, 4) is 0 Å². The Morgan fingerprint density at radius 1 is 1.00 bits per heavy atom. The van der Waals surface area contributed by atoms with Crippen molar-refractivity contribution in [3.63, 3.8) is 0 Å². The molecule has 0 spiro atoms. The monoisotopic (exact) mass is 440 g/mol. The highest BCUT2D eigenvalue weighted by Gasteiger charge is 2.15. The van der Waals surface area contributed by atoms with E-state index in [9.17, 15) is 9.59 Å². The van der Waals surface area contributed by atoms with Crippen LogP contribution in [0.3, 0.4) is 0 Å². The Morgan fingerprint density at radius 2 is 1.70 bits per heavy atom. The van der Waals surface area contributed by atoms with E-state index in [1.54, 1.807) is 18.2 Å². The molecule has 3 rings (SSSR count). The number of carbonyl (C=O) groups excluding carboxylic acids is 2.